The van der Waals surface area contributed by atoms with Gasteiger partial charge in [-0.25, -0.2) is 0 Å². The van der Waals surface area contributed by atoms with E-state index in [9.17, 15) is 18.0 Å². The molecule has 0 aromatic heterocycles. The zero-order chi connectivity index (χ0) is 15.1. The molecule has 0 unspecified atom stereocenters. The predicted molar refractivity (Wildman–Crippen MR) is 68.5 cm³/mol. The Kier molecular flexibility index (Phi) is 4.34. The third-order valence-corrected chi connectivity index (χ3v) is 4.91. The van der Waals surface area contributed by atoms with Crippen LogP contribution in [0, 0.1) is 11.8 Å². The Labute approximate surface area is 119 Å². The van der Waals surface area contributed by atoms with Crippen molar-refractivity contribution >= 4 is 22.8 Å². The van der Waals surface area contributed by atoms with E-state index in [1.807, 2.05) is 13.8 Å². The molecule has 0 bridgehead atoms. The highest BCUT2D eigenvalue weighted by atomic mass is 32.2. The molecule has 5 atom stereocenters. The average molecular weight is 311 g/mol. The number of ether oxygens (including phenoxy) is 2. The number of fused-ring (bicyclic) bond motifs is 1. The Bertz CT molecular complexity index is 427. The maximum absolute atomic E-state index is 12.7. The Balaban J connectivity index is 2.07. The number of thioether (sulfide) groups is 1. The van der Waals surface area contributed by atoms with Gasteiger partial charge in [-0.1, -0.05) is 25.6 Å². The maximum Gasteiger partial charge on any atom is 0.439 e. The summed E-state index contributed by atoms with van der Waals surface area (Å²) in [5, 5.41) is -0.834. The van der Waals surface area contributed by atoms with Crippen molar-refractivity contribution in [2.24, 2.45) is 16.8 Å². The molecule has 0 aromatic rings. The second-order valence-electron chi connectivity index (χ2n) is 5.10. The number of esters is 1. The number of halogens is 3. The van der Waals surface area contributed by atoms with Crippen LogP contribution in [0.15, 0.2) is 4.99 Å². The second kappa shape index (κ2) is 5.55. The summed E-state index contributed by atoms with van der Waals surface area (Å²) in [6.45, 7) is 5.08. The number of hydrogen-bond donors (Lipinski definition) is 0. The lowest BCUT2D eigenvalue weighted by molar-refractivity contribution is -0.152. The first-order valence-electron chi connectivity index (χ1n) is 6.30. The van der Waals surface area contributed by atoms with Crippen molar-refractivity contribution in [2.75, 3.05) is 6.61 Å². The monoisotopic (exact) mass is 311 g/mol. The van der Waals surface area contributed by atoms with Gasteiger partial charge in [-0.15, -0.1) is 0 Å². The van der Waals surface area contributed by atoms with Gasteiger partial charge < -0.3 is 9.47 Å². The number of rotatable bonds is 2. The van der Waals surface area contributed by atoms with Gasteiger partial charge in [0.05, 0.1) is 12.1 Å². The standard InChI is InChI=1S/C12H16F3NO3S/c1-5-6(2)9-10(19-8(5)4-18-7(3)17)20-11(16-9)12(13,14)15/h5-6,8-10H,4H2,1-3H3/t5-,6-,8+,9+,10+/m0/s1. The first-order valence-corrected chi connectivity index (χ1v) is 7.18. The van der Waals surface area contributed by atoms with Crippen LogP contribution >= 0.6 is 11.8 Å². The molecule has 2 aliphatic heterocycles. The van der Waals surface area contributed by atoms with E-state index in [4.69, 9.17) is 9.47 Å². The van der Waals surface area contributed by atoms with Gasteiger partial charge in [0, 0.05) is 6.92 Å². The van der Waals surface area contributed by atoms with Crippen LogP contribution in [0.3, 0.4) is 0 Å². The highest BCUT2D eigenvalue weighted by Gasteiger charge is 2.51. The predicted octanol–water partition coefficient (Wildman–Crippen LogP) is 2.62. The average Bonchev–Trinajstić information content (AvgIpc) is 2.75. The molecule has 0 N–H and O–H groups in total. The van der Waals surface area contributed by atoms with E-state index in [2.05, 4.69) is 4.99 Å². The molecule has 1 fully saturated rings. The molecule has 20 heavy (non-hydrogen) atoms. The molecule has 0 saturated carbocycles. The van der Waals surface area contributed by atoms with E-state index in [1.54, 1.807) is 0 Å². The van der Waals surface area contributed by atoms with Gasteiger partial charge in [0.2, 0.25) is 0 Å². The Hall–Kier alpha value is -0.760. The molecule has 2 aliphatic rings. The Morgan fingerprint density at radius 3 is 2.60 bits per heavy atom. The molecule has 4 nitrogen and oxygen atoms in total. The van der Waals surface area contributed by atoms with Crippen LogP contribution < -0.4 is 0 Å². The fourth-order valence-corrected chi connectivity index (χ4v) is 3.54. The summed E-state index contributed by atoms with van der Waals surface area (Å²) in [6.07, 6.45) is -4.83. The normalized spacial score (nSPS) is 37.3. The second-order valence-corrected chi connectivity index (χ2v) is 6.19. The zero-order valence-corrected chi connectivity index (χ0v) is 12.1. The number of carbonyl (C=O) groups is 1. The topological polar surface area (TPSA) is 47.9 Å². The van der Waals surface area contributed by atoms with Crippen LogP contribution in [0.2, 0.25) is 0 Å². The first-order chi connectivity index (χ1) is 9.20. The number of nitrogens with zero attached hydrogens (tertiary/aromatic N) is 1. The molecule has 8 heteroatoms. The fourth-order valence-electron chi connectivity index (χ4n) is 2.36. The van der Waals surface area contributed by atoms with Crippen LogP contribution in [0.4, 0.5) is 13.2 Å². The van der Waals surface area contributed by atoms with E-state index in [0.29, 0.717) is 11.8 Å². The van der Waals surface area contributed by atoms with Crippen molar-refractivity contribution in [1.82, 2.24) is 0 Å². The smallest absolute Gasteiger partial charge is 0.439 e. The molecule has 0 spiro atoms. The molecular formula is C12H16F3NO3S. The van der Waals surface area contributed by atoms with Gasteiger partial charge in [-0.3, -0.25) is 9.79 Å². The van der Waals surface area contributed by atoms with E-state index in [0.717, 1.165) is 0 Å². The third-order valence-electron chi connectivity index (χ3n) is 3.73. The molecule has 1 saturated heterocycles. The first kappa shape index (κ1) is 15.6. The summed E-state index contributed by atoms with van der Waals surface area (Å²) in [5.74, 6) is -0.531. The highest BCUT2D eigenvalue weighted by molar-refractivity contribution is 8.14. The summed E-state index contributed by atoms with van der Waals surface area (Å²) >= 11 is 0.608. The van der Waals surface area contributed by atoms with Gasteiger partial charge in [0.15, 0.2) is 5.04 Å². The van der Waals surface area contributed by atoms with Gasteiger partial charge in [0.1, 0.15) is 12.0 Å². The lowest BCUT2D eigenvalue weighted by Crippen LogP contribution is -2.47. The minimum Gasteiger partial charge on any atom is -0.463 e. The SMILES string of the molecule is CC(=O)OC[C@H]1O[C@@H]2SC(C(F)(F)F)=N[C@@H]2[C@@H](C)[C@@H]1C. The molecular weight excluding hydrogens is 295 g/mol. The van der Waals surface area contributed by atoms with Crippen molar-refractivity contribution < 1.29 is 27.4 Å². The molecule has 0 aromatic carbocycles. The van der Waals surface area contributed by atoms with Gasteiger partial charge in [-0.05, 0) is 11.8 Å². The fraction of sp³-hybridized carbons (Fsp3) is 0.833. The van der Waals surface area contributed by atoms with Gasteiger partial charge >= 0.3 is 12.1 Å². The summed E-state index contributed by atoms with van der Waals surface area (Å²) < 4.78 is 48.6. The van der Waals surface area contributed by atoms with Crippen molar-refractivity contribution in [2.45, 2.75) is 44.5 Å². The number of hydrogen-bond acceptors (Lipinski definition) is 5. The van der Waals surface area contributed by atoms with E-state index >= 15 is 0 Å². The van der Waals surface area contributed by atoms with Gasteiger partial charge in [-0.2, -0.15) is 13.2 Å². The lowest BCUT2D eigenvalue weighted by atomic mass is 9.83. The lowest BCUT2D eigenvalue weighted by Gasteiger charge is -2.40. The third kappa shape index (κ3) is 3.11. The maximum atomic E-state index is 12.7. The largest absolute Gasteiger partial charge is 0.463 e. The molecule has 2 rings (SSSR count). The summed E-state index contributed by atoms with van der Waals surface area (Å²) in [5.41, 5.74) is -0.654. The highest BCUT2D eigenvalue weighted by Crippen LogP contribution is 2.45. The van der Waals surface area contributed by atoms with Crippen LogP contribution in [-0.2, 0) is 14.3 Å². The molecule has 0 amide bonds. The summed E-state index contributed by atoms with van der Waals surface area (Å²) in [7, 11) is 0. The molecule has 0 aliphatic carbocycles. The van der Waals surface area contributed by atoms with Crippen molar-refractivity contribution in [3.63, 3.8) is 0 Å². The van der Waals surface area contributed by atoms with Crippen molar-refractivity contribution in [3.05, 3.63) is 0 Å². The molecule has 114 valence electrons. The Morgan fingerprint density at radius 2 is 2.05 bits per heavy atom. The van der Waals surface area contributed by atoms with Gasteiger partial charge in [0.25, 0.3) is 0 Å². The number of aliphatic imine (C=N–C) groups is 1. The van der Waals surface area contributed by atoms with Crippen LogP contribution in [-0.4, -0.2) is 41.4 Å². The summed E-state index contributed by atoms with van der Waals surface area (Å²) in [6, 6.07) is -0.500. The molecule has 2 heterocycles. The van der Waals surface area contributed by atoms with Crippen molar-refractivity contribution in [1.29, 1.82) is 0 Å². The van der Waals surface area contributed by atoms with E-state index < -0.39 is 34.8 Å². The Morgan fingerprint density at radius 1 is 1.40 bits per heavy atom. The quantitative estimate of drug-likeness (QED) is 0.736. The number of alkyl halides is 3. The van der Waals surface area contributed by atoms with Crippen LogP contribution in [0.1, 0.15) is 20.8 Å². The van der Waals surface area contributed by atoms with Crippen LogP contribution in [0.25, 0.3) is 0 Å². The summed E-state index contributed by atoms with van der Waals surface area (Å²) in [4.78, 5) is 14.6. The zero-order valence-electron chi connectivity index (χ0n) is 11.3. The number of carbonyl (C=O) groups excluding carboxylic acids is 1. The minimum absolute atomic E-state index is 0.0347. The van der Waals surface area contributed by atoms with Crippen LogP contribution in [0.5, 0.6) is 0 Å². The van der Waals surface area contributed by atoms with E-state index in [-0.39, 0.29) is 18.4 Å². The minimum atomic E-state index is -4.43. The van der Waals surface area contributed by atoms with E-state index in [1.165, 1.54) is 6.92 Å². The molecule has 0 radical (unpaired) electrons. The van der Waals surface area contributed by atoms with Crippen molar-refractivity contribution in [3.8, 4) is 0 Å².